The van der Waals surface area contributed by atoms with Crippen molar-refractivity contribution in [3.05, 3.63) is 69.2 Å². The van der Waals surface area contributed by atoms with Crippen LogP contribution in [0.2, 0.25) is 10.0 Å². The molecule has 9 heteroatoms. The molecular formula is C23H23Cl2N3O4. The van der Waals surface area contributed by atoms with E-state index in [-0.39, 0.29) is 49.6 Å². The number of hydrogen-bond donors (Lipinski definition) is 1. The predicted molar refractivity (Wildman–Crippen MR) is 122 cm³/mol. The van der Waals surface area contributed by atoms with Crippen molar-refractivity contribution >= 4 is 46.8 Å². The molecule has 0 radical (unpaired) electrons. The summed E-state index contributed by atoms with van der Waals surface area (Å²) in [6.07, 6.45) is 0.329. The SMILES string of the molecule is CNC(=O)[C@H](C)N(Cc1ccc(Cl)cc1Cl)C(=O)CCCN1C(=O)c2ccccc2C1=O. The average Bonchev–Trinajstić information content (AvgIpc) is 3.02. The van der Waals surface area contributed by atoms with Crippen LogP contribution in [0, 0.1) is 0 Å². The molecule has 0 unspecified atom stereocenters. The van der Waals surface area contributed by atoms with Crippen LogP contribution in [0.1, 0.15) is 46.0 Å². The second-order valence-electron chi connectivity index (χ2n) is 7.46. The summed E-state index contributed by atoms with van der Waals surface area (Å²) >= 11 is 12.2. The van der Waals surface area contributed by atoms with Crippen molar-refractivity contribution in [2.45, 2.75) is 32.4 Å². The summed E-state index contributed by atoms with van der Waals surface area (Å²) in [5, 5.41) is 3.41. The van der Waals surface area contributed by atoms with Crippen LogP contribution >= 0.6 is 23.2 Å². The van der Waals surface area contributed by atoms with Crippen LogP contribution in [0.15, 0.2) is 42.5 Å². The minimum absolute atomic E-state index is 0.0555. The van der Waals surface area contributed by atoms with Crippen molar-refractivity contribution in [3.8, 4) is 0 Å². The van der Waals surface area contributed by atoms with Crippen molar-refractivity contribution in [1.82, 2.24) is 15.1 Å². The first-order valence-electron chi connectivity index (χ1n) is 10.1. The maximum absolute atomic E-state index is 13.0. The molecule has 0 aromatic heterocycles. The summed E-state index contributed by atoms with van der Waals surface area (Å²) in [7, 11) is 1.50. The van der Waals surface area contributed by atoms with Gasteiger partial charge in [-0.3, -0.25) is 24.1 Å². The molecule has 0 spiro atoms. The quantitative estimate of drug-likeness (QED) is 0.591. The third-order valence-corrected chi connectivity index (χ3v) is 6.01. The molecule has 1 aliphatic rings. The van der Waals surface area contributed by atoms with Gasteiger partial charge in [0.15, 0.2) is 0 Å². The number of benzene rings is 2. The van der Waals surface area contributed by atoms with Gasteiger partial charge in [-0.2, -0.15) is 0 Å². The Kier molecular flexibility index (Phi) is 7.53. The normalized spacial score (nSPS) is 13.7. The molecule has 4 amide bonds. The highest BCUT2D eigenvalue weighted by Gasteiger charge is 2.35. The molecule has 168 valence electrons. The number of imide groups is 1. The molecule has 32 heavy (non-hydrogen) atoms. The van der Waals surface area contributed by atoms with E-state index in [1.807, 2.05) is 0 Å². The number of halogens is 2. The minimum Gasteiger partial charge on any atom is -0.357 e. The third-order valence-electron chi connectivity index (χ3n) is 5.42. The van der Waals surface area contributed by atoms with Crippen LogP contribution in [-0.2, 0) is 16.1 Å². The van der Waals surface area contributed by atoms with Crippen molar-refractivity contribution in [2.24, 2.45) is 0 Å². The first-order chi connectivity index (χ1) is 15.2. The van der Waals surface area contributed by atoms with Crippen LogP contribution in [0.5, 0.6) is 0 Å². The van der Waals surface area contributed by atoms with E-state index in [4.69, 9.17) is 23.2 Å². The Labute approximate surface area is 196 Å². The summed E-state index contributed by atoms with van der Waals surface area (Å²) in [5.74, 6) is -1.32. The standard InChI is InChI=1S/C23H23Cl2N3O4/c1-14(21(30)26-2)28(13-15-9-10-16(24)12-19(15)25)20(29)8-5-11-27-22(31)17-6-3-4-7-18(17)23(27)32/h3-4,6-7,9-10,12,14H,5,8,11,13H2,1-2H3,(H,26,30)/t14-/m0/s1. The van der Waals surface area contributed by atoms with E-state index in [1.54, 1.807) is 49.4 Å². The highest BCUT2D eigenvalue weighted by atomic mass is 35.5. The molecule has 0 saturated carbocycles. The zero-order chi connectivity index (χ0) is 23.4. The topological polar surface area (TPSA) is 86.8 Å². The van der Waals surface area contributed by atoms with Crippen LogP contribution in [0.25, 0.3) is 0 Å². The summed E-state index contributed by atoms with van der Waals surface area (Å²) in [6.45, 7) is 1.86. The number of nitrogens with zero attached hydrogens (tertiary/aromatic N) is 2. The molecular weight excluding hydrogens is 453 g/mol. The minimum atomic E-state index is -0.737. The summed E-state index contributed by atoms with van der Waals surface area (Å²) in [5.41, 5.74) is 1.40. The van der Waals surface area contributed by atoms with Gasteiger partial charge in [-0.05, 0) is 43.2 Å². The number of fused-ring (bicyclic) bond motifs is 1. The molecule has 7 nitrogen and oxygen atoms in total. The third kappa shape index (κ3) is 4.95. The van der Waals surface area contributed by atoms with E-state index in [0.717, 1.165) is 4.90 Å². The van der Waals surface area contributed by atoms with E-state index in [1.165, 1.54) is 11.9 Å². The van der Waals surface area contributed by atoms with Gasteiger partial charge in [0.2, 0.25) is 11.8 Å². The number of carbonyl (C=O) groups is 4. The molecule has 0 saturated heterocycles. The predicted octanol–water partition coefficient (Wildman–Crippen LogP) is 3.53. The molecule has 1 atom stereocenters. The number of hydrogen-bond acceptors (Lipinski definition) is 4. The Hall–Kier alpha value is -2.90. The van der Waals surface area contributed by atoms with E-state index in [2.05, 4.69) is 5.32 Å². The van der Waals surface area contributed by atoms with Crippen LogP contribution in [0.3, 0.4) is 0 Å². The van der Waals surface area contributed by atoms with Crippen molar-refractivity contribution < 1.29 is 19.2 Å². The Bertz CT molecular complexity index is 1040. The van der Waals surface area contributed by atoms with E-state index in [9.17, 15) is 19.2 Å². The number of carbonyl (C=O) groups excluding carboxylic acids is 4. The van der Waals surface area contributed by atoms with Crippen molar-refractivity contribution in [2.75, 3.05) is 13.6 Å². The van der Waals surface area contributed by atoms with E-state index < -0.39 is 6.04 Å². The molecule has 2 aromatic carbocycles. The summed E-state index contributed by atoms with van der Waals surface area (Å²) < 4.78 is 0. The smallest absolute Gasteiger partial charge is 0.261 e. The van der Waals surface area contributed by atoms with Gasteiger partial charge in [0.1, 0.15) is 6.04 Å². The molecule has 3 rings (SSSR count). The number of likely N-dealkylation sites (N-methyl/N-ethyl adjacent to an activating group) is 1. The summed E-state index contributed by atoms with van der Waals surface area (Å²) in [4.78, 5) is 52.8. The second kappa shape index (κ2) is 10.1. The van der Waals surface area contributed by atoms with Gasteiger partial charge in [-0.15, -0.1) is 0 Å². The fourth-order valence-electron chi connectivity index (χ4n) is 3.60. The van der Waals surface area contributed by atoms with Gasteiger partial charge in [0, 0.05) is 36.6 Å². The maximum atomic E-state index is 13.0. The molecule has 0 aliphatic carbocycles. The number of amides is 4. The van der Waals surface area contributed by atoms with Gasteiger partial charge in [0.25, 0.3) is 11.8 Å². The summed E-state index contributed by atoms with van der Waals surface area (Å²) in [6, 6.07) is 10.9. The van der Waals surface area contributed by atoms with Crippen LogP contribution in [0.4, 0.5) is 0 Å². The lowest BCUT2D eigenvalue weighted by atomic mass is 10.1. The zero-order valence-corrected chi connectivity index (χ0v) is 19.2. The Morgan fingerprint density at radius 3 is 2.25 bits per heavy atom. The number of nitrogens with one attached hydrogen (secondary N) is 1. The number of rotatable bonds is 8. The Morgan fingerprint density at radius 1 is 1.06 bits per heavy atom. The monoisotopic (exact) mass is 475 g/mol. The Balaban J connectivity index is 1.68. The highest BCUT2D eigenvalue weighted by Crippen LogP contribution is 2.25. The highest BCUT2D eigenvalue weighted by molar-refractivity contribution is 6.35. The zero-order valence-electron chi connectivity index (χ0n) is 17.7. The first kappa shape index (κ1) is 23.8. The largest absolute Gasteiger partial charge is 0.357 e. The molecule has 0 fully saturated rings. The van der Waals surface area contributed by atoms with E-state index >= 15 is 0 Å². The molecule has 1 aliphatic heterocycles. The fourth-order valence-corrected chi connectivity index (χ4v) is 4.07. The van der Waals surface area contributed by atoms with Gasteiger partial charge >= 0.3 is 0 Å². The first-order valence-corrected chi connectivity index (χ1v) is 10.9. The van der Waals surface area contributed by atoms with Crippen molar-refractivity contribution in [3.63, 3.8) is 0 Å². The van der Waals surface area contributed by atoms with Gasteiger partial charge in [-0.1, -0.05) is 41.4 Å². The molecule has 1 N–H and O–H groups in total. The van der Waals surface area contributed by atoms with Crippen LogP contribution < -0.4 is 5.32 Å². The maximum Gasteiger partial charge on any atom is 0.261 e. The molecule has 2 aromatic rings. The second-order valence-corrected chi connectivity index (χ2v) is 8.30. The molecule has 0 bridgehead atoms. The van der Waals surface area contributed by atoms with Crippen molar-refractivity contribution in [1.29, 1.82) is 0 Å². The lowest BCUT2D eigenvalue weighted by Crippen LogP contribution is -2.46. The lowest BCUT2D eigenvalue weighted by molar-refractivity contribution is -0.140. The van der Waals surface area contributed by atoms with Crippen LogP contribution in [-0.4, -0.2) is 53.1 Å². The van der Waals surface area contributed by atoms with E-state index in [0.29, 0.717) is 26.7 Å². The fraction of sp³-hybridized carbons (Fsp3) is 0.304. The van der Waals surface area contributed by atoms with Gasteiger partial charge in [0.05, 0.1) is 11.1 Å². The van der Waals surface area contributed by atoms with Gasteiger partial charge in [-0.25, -0.2) is 0 Å². The van der Waals surface area contributed by atoms with Gasteiger partial charge < -0.3 is 10.2 Å². The molecule has 1 heterocycles. The lowest BCUT2D eigenvalue weighted by Gasteiger charge is -2.29. The Morgan fingerprint density at radius 2 is 1.69 bits per heavy atom. The average molecular weight is 476 g/mol.